The van der Waals surface area contributed by atoms with E-state index in [0.29, 0.717) is 0 Å². The molecule has 64 heavy (non-hydrogen) atoms. The molecule has 0 amide bonds. The Hall–Kier alpha value is -7.94. The molecular weight excluding hydrogens is 775 g/mol. The molecule has 0 fully saturated rings. The summed E-state index contributed by atoms with van der Waals surface area (Å²) < 4.78 is 7.21. The average molecular weight is 816 g/mol. The molecule has 0 bridgehead atoms. The number of rotatable bonds is 4. The first-order valence-electron chi connectivity index (χ1n) is 22.4. The zero-order valence-corrected chi connectivity index (χ0v) is 35.6. The average Bonchev–Trinajstić information content (AvgIpc) is 4.04. The van der Waals surface area contributed by atoms with Gasteiger partial charge in [0.1, 0.15) is 11.2 Å². The highest BCUT2D eigenvalue weighted by atomic mass is 16.3. The van der Waals surface area contributed by atoms with Gasteiger partial charge in [0, 0.05) is 38.5 Å². The molecule has 11 aromatic rings. The van der Waals surface area contributed by atoms with Crippen LogP contribution in [0.1, 0.15) is 47.2 Å². The first-order chi connectivity index (χ1) is 31.5. The minimum Gasteiger partial charge on any atom is -0.455 e. The van der Waals surface area contributed by atoms with E-state index in [1.54, 1.807) is 0 Å². The molecule has 10 aromatic carbocycles. The first-order valence-corrected chi connectivity index (χ1v) is 22.4. The predicted molar refractivity (Wildman–Crippen MR) is 265 cm³/mol. The van der Waals surface area contributed by atoms with Crippen LogP contribution in [0.2, 0.25) is 0 Å². The zero-order chi connectivity index (χ0) is 42.3. The van der Waals surface area contributed by atoms with Crippen molar-refractivity contribution in [2.24, 2.45) is 0 Å². The van der Waals surface area contributed by atoms with E-state index in [2.05, 4.69) is 231 Å². The highest BCUT2D eigenvalue weighted by Crippen LogP contribution is 2.64. The Morgan fingerprint density at radius 3 is 1.50 bits per heavy atom. The maximum atomic E-state index is 7.21. The topological polar surface area (TPSA) is 16.4 Å². The summed E-state index contributed by atoms with van der Waals surface area (Å²) in [7, 11) is 0. The van der Waals surface area contributed by atoms with Crippen LogP contribution in [0.4, 0.5) is 17.1 Å². The van der Waals surface area contributed by atoms with E-state index in [4.69, 9.17) is 4.42 Å². The van der Waals surface area contributed by atoms with Gasteiger partial charge in [0.15, 0.2) is 0 Å². The fourth-order valence-corrected chi connectivity index (χ4v) is 12.1. The van der Waals surface area contributed by atoms with Gasteiger partial charge in [-0.05, 0) is 120 Å². The van der Waals surface area contributed by atoms with E-state index in [1.165, 1.54) is 72.1 Å². The summed E-state index contributed by atoms with van der Waals surface area (Å²) in [4.78, 5) is 2.51. The molecule has 2 heteroatoms. The molecule has 1 spiro atoms. The molecule has 14 rings (SSSR count). The first kappa shape index (κ1) is 35.6. The smallest absolute Gasteiger partial charge is 0.145 e. The summed E-state index contributed by atoms with van der Waals surface area (Å²) in [5.74, 6) is 0. The second-order valence-corrected chi connectivity index (χ2v) is 18.3. The van der Waals surface area contributed by atoms with E-state index in [-0.39, 0.29) is 5.41 Å². The molecule has 0 saturated heterocycles. The highest BCUT2D eigenvalue weighted by molar-refractivity contribution is 6.19. The van der Waals surface area contributed by atoms with Crippen molar-refractivity contribution in [3.8, 4) is 44.5 Å². The Balaban J connectivity index is 1.09. The molecule has 3 aliphatic rings. The van der Waals surface area contributed by atoms with Crippen molar-refractivity contribution < 1.29 is 4.42 Å². The Kier molecular flexibility index (Phi) is 7.13. The molecule has 1 aromatic heterocycles. The minimum absolute atomic E-state index is 0.180. The van der Waals surface area contributed by atoms with Crippen LogP contribution in [0, 0.1) is 0 Å². The standard InChI is InChI=1S/C62H41NO/c1-61(2)51-24-12-8-20-43(51)47-32-29-40(36-55(47)61)63(57-35-34-50-49-31-28-38-16-6-7-19-42(38)59(49)64-60(50)58(57)39-17-4-3-5-18-39)41-30-33-48-46-23-11-15-27-54(46)62(56(48)37-41)52-25-13-9-21-44(52)45-22-10-14-26-53(45)62/h3-37H,1-2H3. The van der Waals surface area contributed by atoms with E-state index in [1.807, 2.05) is 0 Å². The molecule has 2 nitrogen and oxygen atoms in total. The quantitative estimate of drug-likeness (QED) is 0.176. The lowest BCUT2D eigenvalue weighted by molar-refractivity contribution is 0.660. The Morgan fingerprint density at radius 2 is 0.844 bits per heavy atom. The van der Waals surface area contributed by atoms with Crippen LogP contribution in [-0.2, 0) is 10.8 Å². The maximum Gasteiger partial charge on any atom is 0.145 e. The van der Waals surface area contributed by atoms with Gasteiger partial charge in [-0.2, -0.15) is 0 Å². The maximum absolute atomic E-state index is 7.21. The fourth-order valence-electron chi connectivity index (χ4n) is 12.1. The van der Waals surface area contributed by atoms with Crippen molar-refractivity contribution in [2.45, 2.75) is 24.7 Å². The van der Waals surface area contributed by atoms with Crippen LogP contribution < -0.4 is 4.90 Å². The van der Waals surface area contributed by atoms with Gasteiger partial charge in [0.25, 0.3) is 0 Å². The Bertz CT molecular complexity index is 3710. The second kappa shape index (κ2) is 12.8. The van der Waals surface area contributed by atoms with E-state index in [0.717, 1.165) is 55.5 Å². The minimum atomic E-state index is -0.478. The highest BCUT2D eigenvalue weighted by Gasteiger charge is 2.51. The largest absolute Gasteiger partial charge is 0.455 e. The summed E-state index contributed by atoms with van der Waals surface area (Å²) in [5.41, 5.74) is 22.4. The molecule has 0 radical (unpaired) electrons. The van der Waals surface area contributed by atoms with Gasteiger partial charge in [-0.25, -0.2) is 0 Å². The number of nitrogens with zero attached hydrogens (tertiary/aromatic N) is 1. The van der Waals surface area contributed by atoms with Crippen molar-refractivity contribution >= 4 is 49.8 Å². The van der Waals surface area contributed by atoms with Gasteiger partial charge in [-0.1, -0.05) is 184 Å². The molecule has 0 saturated carbocycles. The zero-order valence-electron chi connectivity index (χ0n) is 35.6. The molecule has 0 atom stereocenters. The third kappa shape index (κ3) is 4.54. The van der Waals surface area contributed by atoms with E-state index >= 15 is 0 Å². The molecule has 300 valence electrons. The summed E-state index contributed by atoms with van der Waals surface area (Å²) in [6.07, 6.45) is 0. The summed E-state index contributed by atoms with van der Waals surface area (Å²) in [5, 5.41) is 4.52. The van der Waals surface area contributed by atoms with E-state index < -0.39 is 5.41 Å². The summed E-state index contributed by atoms with van der Waals surface area (Å²) >= 11 is 0. The predicted octanol–water partition coefficient (Wildman–Crippen LogP) is 16.5. The number of hydrogen-bond acceptors (Lipinski definition) is 2. The Labute approximate surface area is 372 Å². The number of furan rings is 1. The number of anilines is 3. The molecule has 1 heterocycles. The third-order valence-electron chi connectivity index (χ3n) is 14.9. The molecule has 0 aliphatic heterocycles. The third-order valence-corrected chi connectivity index (χ3v) is 14.9. The monoisotopic (exact) mass is 815 g/mol. The second-order valence-electron chi connectivity index (χ2n) is 18.3. The van der Waals surface area contributed by atoms with Gasteiger partial charge >= 0.3 is 0 Å². The Morgan fingerprint density at radius 1 is 0.359 bits per heavy atom. The number of hydrogen-bond donors (Lipinski definition) is 0. The van der Waals surface area contributed by atoms with Gasteiger partial charge in [0.05, 0.1) is 11.1 Å². The fraction of sp³-hybridized carbons (Fsp3) is 0.0645. The SMILES string of the molecule is CC1(C)c2ccccc2-c2ccc(N(c3ccc4c(c3)C3(c5ccccc5-c5ccccc53)c3ccccc3-4)c3ccc4c(oc5c6ccccc6ccc45)c3-c3ccccc3)cc21. The van der Waals surface area contributed by atoms with Crippen LogP contribution in [-0.4, -0.2) is 0 Å². The van der Waals surface area contributed by atoms with Crippen LogP contribution in [0.3, 0.4) is 0 Å². The van der Waals surface area contributed by atoms with Crippen LogP contribution in [0.5, 0.6) is 0 Å². The van der Waals surface area contributed by atoms with Crippen LogP contribution >= 0.6 is 0 Å². The van der Waals surface area contributed by atoms with Crippen molar-refractivity contribution in [3.05, 3.63) is 246 Å². The van der Waals surface area contributed by atoms with Crippen LogP contribution in [0.15, 0.2) is 217 Å². The van der Waals surface area contributed by atoms with Gasteiger partial charge < -0.3 is 9.32 Å². The van der Waals surface area contributed by atoms with Crippen molar-refractivity contribution in [3.63, 3.8) is 0 Å². The molecule has 0 N–H and O–H groups in total. The molecule has 3 aliphatic carbocycles. The van der Waals surface area contributed by atoms with Crippen LogP contribution in [0.25, 0.3) is 77.2 Å². The summed E-state index contributed by atoms with van der Waals surface area (Å²) in [6.45, 7) is 4.74. The van der Waals surface area contributed by atoms with Crippen molar-refractivity contribution in [2.75, 3.05) is 4.90 Å². The number of fused-ring (bicyclic) bond motifs is 18. The normalized spacial score (nSPS) is 14.3. The molecular formula is C62H41NO. The van der Waals surface area contributed by atoms with Gasteiger partial charge in [-0.15, -0.1) is 0 Å². The van der Waals surface area contributed by atoms with Gasteiger partial charge in [-0.3, -0.25) is 0 Å². The van der Waals surface area contributed by atoms with E-state index in [9.17, 15) is 0 Å². The number of benzene rings is 10. The lowest BCUT2D eigenvalue weighted by Gasteiger charge is -2.33. The van der Waals surface area contributed by atoms with Crippen molar-refractivity contribution in [1.82, 2.24) is 0 Å². The molecule has 0 unspecified atom stereocenters. The lowest BCUT2D eigenvalue weighted by atomic mass is 9.70. The summed E-state index contributed by atoms with van der Waals surface area (Å²) in [6, 6.07) is 79.0. The lowest BCUT2D eigenvalue weighted by Crippen LogP contribution is -2.26. The van der Waals surface area contributed by atoms with Crippen molar-refractivity contribution in [1.29, 1.82) is 0 Å². The van der Waals surface area contributed by atoms with Gasteiger partial charge in [0.2, 0.25) is 0 Å².